The first-order valence-electron chi connectivity index (χ1n) is 14.7. The van der Waals surface area contributed by atoms with E-state index in [-0.39, 0.29) is 34.8 Å². The maximum Gasteiger partial charge on any atom is 0.278 e. The van der Waals surface area contributed by atoms with E-state index in [4.69, 9.17) is 4.74 Å². The van der Waals surface area contributed by atoms with Gasteiger partial charge in [0.2, 0.25) is 5.88 Å². The minimum Gasteiger partial charge on any atom is -0.481 e. The Labute approximate surface area is 255 Å². The molecule has 0 radical (unpaired) electrons. The van der Waals surface area contributed by atoms with Crippen LogP contribution in [0.4, 0.5) is 8.78 Å². The zero-order valence-electron chi connectivity index (χ0n) is 24.6. The van der Waals surface area contributed by atoms with E-state index in [0.717, 1.165) is 31.4 Å². The maximum absolute atomic E-state index is 13.1. The van der Waals surface area contributed by atoms with E-state index in [9.17, 15) is 18.4 Å². The highest BCUT2D eigenvalue weighted by Gasteiger charge is 2.30. The average Bonchev–Trinajstić information content (AvgIpc) is 3.97. The van der Waals surface area contributed by atoms with Gasteiger partial charge in [0.25, 0.3) is 11.1 Å². The van der Waals surface area contributed by atoms with Gasteiger partial charge in [-0.15, -0.1) is 0 Å². The van der Waals surface area contributed by atoms with E-state index in [1.807, 2.05) is 19.1 Å². The lowest BCUT2D eigenvalue weighted by Gasteiger charge is -2.11. The van der Waals surface area contributed by atoms with Gasteiger partial charge in [0.15, 0.2) is 11.3 Å². The number of hydrogen-bond acceptors (Lipinski definition) is 7. The van der Waals surface area contributed by atoms with Crippen LogP contribution < -0.4 is 15.9 Å². The van der Waals surface area contributed by atoms with Crippen molar-refractivity contribution >= 4 is 22.3 Å². The number of aryl methyl sites for hydroxylation is 1. The molecule has 8 rings (SSSR count). The molecular weight excluding hydrogens is 578 g/mol. The van der Waals surface area contributed by atoms with Crippen molar-refractivity contribution in [3.05, 3.63) is 111 Å². The summed E-state index contributed by atoms with van der Waals surface area (Å²) >= 11 is 0. The number of halogens is 2. The molecule has 2 aromatic carbocycles. The van der Waals surface area contributed by atoms with Gasteiger partial charge in [-0.1, -0.05) is 0 Å². The molecule has 0 unspecified atom stereocenters. The van der Waals surface area contributed by atoms with Crippen LogP contribution in [0, 0.1) is 18.6 Å². The third-order valence-electron chi connectivity index (χ3n) is 7.85. The first kappa shape index (κ1) is 28.5. The van der Waals surface area contributed by atoms with Crippen LogP contribution in [0.25, 0.3) is 44.8 Å². The van der Waals surface area contributed by atoms with Crippen LogP contribution in [-0.4, -0.2) is 36.2 Å². The zero-order chi connectivity index (χ0) is 31.2. The number of nitrogens with zero attached hydrogens (tertiary/aromatic N) is 6. The lowest BCUT2D eigenvalue weighted by atomic mass is 10.1. The minimum atomic E-state index is -0.344. The lowest BCUT2D eigenvalue weighted by molar-refractivity contribution is 0.398. The first-order chi connectivity index (χ1) is 21.8. The second-order valence-electron chi connectivity index (χ2n) is 11.2. The van der Waals surface area contributed by atoms with E-state index in [2.05, 4.69) is 19.9 Å². The molecule has 11 heteroatoms. The summed E-state index contributed by atoms with van der Waals surface area (Å²) in [4.78, 5) is 43.5. The summed E-state index contributed by atoms with van der Waals surface area (Å²) in [5.41, 5.74) is 4.88. The molecule has 0 atom stereocenters. The topological polar surface area (TPSA) is 105 Å². The van der Waals surface area contributed by atoms with Crippen LogP contribution in [0.2, 0.25) is 0 Å². The zero-order valence-corrected chi connectivity index (χ0v) is 24.6. The Hall–Kier alpha value is -5.32. The number of methoxy groups -OCH3 is 1. The molecule has 4 aromatic heterocycles. The number of ether oxygens (including phenoxy) is 1. The molecule has 226 valence electrons. The van der Waals surface area contributed by atoms with Gasteiger partial charge in [0, 0.05) is 35.0 Å². The largest absolute Gasteiger partial charge is 0.481 e. The fraction of sp³-hybridized carbons (Fsp3) is 0.235. The van der Waals surface area contributed by atoms with Gasteiger partial charge in [0.05, 0.1) is 7.11 Å². The Bertz CT molecular complexity index is 2190. The molecule has 2 saturated carbocycles. The lowest BCUT2D eigenvalue weighted by Crippen LogP contribution is -2.23. The van der Waals surface area contributed by atoms with E-state index >= 15 is 0 Å². The monoisotopic (exact) mass is 606 g/mol. The average molecular weight is 607 g/mol. The number of aromatic nitrogens is 6. The third kappa shape index (κ3) is 5.57. The number of fused-ring (bicyclic) bond motifs is 2. The molecule has 0 saturated heterocycles. The SMILES string of the molecule is COc1ccc2nc(-c3ccc(F)cc3)c(=O)n(C3CC3)c2n1.Cc1ccc2nc(-c3ccc(F)cc3)c(=O)n(C3CC3)c2n1. The minimum absolute atomic E-state index is 0.145. The highest BCUT2D eigenvalue weighted by atomic mass is 19.1. The smallest absolute Gasteiger partial charge is 0.278 e. The van der Waals surface area contributed by atoms with E-state index in [1.165, 1.54) is 31.4 Å². The summed E-state index contributed by atoms with van der Waals surface area (Å²) in [5.74, 6) is -0.226. The molecule has 0 amide bonds. The Morgan fingerprint density at radius 2 is 1.07 bits per heavy atom. The van der Waals surface area contributed by atoms with Crippen LogP contribution >= 0.6 is 0 Å². The summed E-state index contributed by atoms with van der Waals surface area (Å²) in [5, 5.41) is 0. The van der Waals surface area contributed by atoms with Crippen LogP contribution in [0.15, 0.2) is 82.4 Å². The molecule has 0 aliphatic heterocycles. The fourth-order valence-electron chi connectivity index (χ4n) is 5.29. The fourth-order valence-corrected chi connectivity index (χ4v) is 5.29. The molecule has 0 N–H and O–H groups in total. The van der Waals surface area contributed by atoms with Crippen molar-refractivity contribution in [3.8, 4) is 28.4 Å². The van der Waals surface area contributed by atoms with Crippen LogP contribution in [-0.2, 0) is 0 Å². The van der Waals surface area contributed by atoms with Gasteiger partial charge >= 0.3 is 0 Å². The van der Waals surface area contributed by atoms with Gasteiger partial charge < -0.3 is 4.74 Å². The van der Waals surface area contributed by atoms with Crippen molar-refractivity contribution in [2.24, 2.45) is 0 Å². The predicted molar refractivity (Wildman–Crippen MR) is 166 cm³/mol. The molecule has 0 bridgehead atoms. The summed E-state index contributed by atoms with van der Waals surface area (Å²) in [7, 11) is 1.54. The van der Waals surface area contributed by atoms with Crippen LogP contribution in [0.5, 0.6) is 5.88 Å². The predicted octanol–water partition coefficient (Wildman–Crippen LogP) is 6.18. The van der Waals surface area contributed by atoms with E-state index in [0.29, 0.717) is 50.7 Å². The van der Waals surface area contributed by atoms with Crippen molar-refractivity contribution in [3.63, 3.8) is 0 Å². The van der Waals surface area contributed by atoms with Gasteiger partial charge in [-0.05, 0) is 99.3 Å². The number of pyridine rings is 2. The summed E-state index contributed by atoms with van der Waals surface area (Å²) < 4.78 is 34.8. The van der Waals surface area contributed by atoms with Gasteiger partial charge in [-0.2, -0.15) is 4.98 Å². The molecule has 45 heavy (non-hydrogen) atoms. The number of hydrogen-bond donors (Lipinski definition) is 0. The first-order valence-corrected chi connectivity index (χ1v) is 14.7. The quantitative estimate of drug-likeness (QED) is 0.231. The van der Waals surface area contributed by atoms with Crippen molar-refractivity contribution in [1.29, 1.82) is 0 Å². The standard InChI is InChI=1S/C17H14FN3O2.C17H14FN3O/c1-23-14-9-8-13-16(20-14)21(12-6-7-12)17(22)15(19-13)10-2-4-11(18)5-3-10;1-10-2-9-14-16(19-10)21(13-7-8-13)17(22)15(20-14)11-3-5-12(18)6-4-11/h2-5,8-9,12H,6-7H2,1H3;2-6,9,13H,7-8H2,1H3. The van der Waals surface area contributed by atoms with Crippen molar-refractivity contribution in [2.75, 3.05) is 7.11 Å². The van der Waals surface area contributed by atoms with Gasteiger partial charge in [-0.3, -0.25) is 18.7 Å². The summed E-state index contributed by atoms with van der Waals surface area (Å²) in [6.07, 6.45) is 3.86. The molecule has 9 nitrogen and oxygen atoms in total. The molecule has 2 aliphatic carbocycles. The normalized spacial score (nSPS) is 14.3. The molecular formula is C34H28F2N6O3. The van der Waals surface area contributed by atoms with E-state index in [1.54, 1.807) is 45.5 Å². The van der Waals surface area contributed by atoms with Gasteiger partial charge in [0.1, 0.15) is 34.1 Å². The number of rotatable bonds is 5. The summed E-state index contributed by atoms with van der Waals surface area (Å²) in [6.45, 7) is 1.90. The Morgan fingerprint density at radius 3 is 1.51 bits per heavy atom. The summed E-state index contributed by atoms with van der Waals surface area (Å²) in [6, 6.07) is 19.3. The highest BCUT2D eigenvalue weighted by Crippen LogP contribution is 2.37. The highest BCUT2D eigenvalue weighted by molar-refractivity contribution is 5.76. The van der Waals surface area contributed by atoms with Crippen molar-refractivity contribution < 1.29 is 13.5 Å². The second kappa shape index (κ2) is 11.3. The Balaban J connectivity index is 0.000000145. The Morgan fingerprint density at radius 1 is 0.622 bits per heavy atom. The number of benzene rings is 2. The second-order valence-corrected chi connectivity index (χ2v) is 11.2. The third-order valence-corrected chi connectivity index (χ3v) is 7.85. The maximum atomic E-state index is 13.1. The molecule has 2 aliphatic rings. The van der Waals surface area contributed by atoms with Crippen molar-refractivity contribution in [1.82, 2.24) is 29.1 Å². The van der Waals surface area contributed by atoms with Gasteiger partial charge in [-0.25, -0.2) is 23.7 Å². The molecule has 0 spiro atoms. The van der Waals surface area contributed by atoms with Crippen LogP contribution in [0.1, 0.15) is 43.5 Å². The Kier molecular flexibility index (Phi) is 7.15. The molecule has 6 aromatic rings. The van der Waals surface area contributed by atoms with Crippen LogP contribution in [0.3, 0.4) is 0 Å². The van der Waals surface area contributed by atoms with Crippen molar-refractivity contribution in [2.45, 2.75) is 44.7 Å². The molecule has 4 heterocycles. The van der Waals surface area contributed by atoms with E-state index < -0.39 is 0 Å². The molecule has 2 fully saturated rings.